The van der Waals surface area contributed by atoms with Crippen LogP contribution in [0.1, 0.15) is 46.1 Å². The molecule has 0 radical (unpaired) electrons. The van der Waals surface area contributed by atoms with E-state index in [1.54, 1.807) is 11.3 Å². The number of nitrogens with one attached hydrogen (secondary N) is 1. The fraction of sp³-hybridized carbons (Fsp3) is 0.438. The number of hydrogen-bond donors (Lipinski definition) is 1. The van der Waals surface area contributed by atoms with Crippen LogP contribution in [0.4, 0.5) is 0 Å². The predicted octanol–water partition coefficient (Wildman–Crippen LogP) is 2.86. The number of aromatic nitrogens is 1. The van der Waals surface area contributed by atoms with E-state index < -0.39 is 0 Å². The first kappa shape index (κ1) is 16.1. The molecule has 0 aromatic carbocycles. The van der Waals surface area contributed by atoms with Gasteiger partial charge in [-0.1, -0.05) is 6.07 Å². The van der Waals surface area contributed by atoms with E-state index in [1.807, 2.05) is 27.8 Å². The van der Waals surface area contributed by atoms with Crippen LogP contribution >= 0.6 is 22.7 Å². The van der Waals surface area contributed by atoms with Gasteiger partial charge in [0, 0.05) is 31.3 Å². The quantitative estimate of drug-likeness (QED) is 0.923. The molecule has 0 aliphatic carbocycles. The lowest BCUT2D eigenvalue weighted by Gasteiger charge is -2.31. The lowest BCUT2D eigenvalue weighted by Crippen LogP contribution is -2.38. The Morgan fingerprint density at radius 2 is 2.30 bits per heavy atom. The first-order valence-corrected chi connectivity index (χ1v) is 9.41. The topological polar surface area (TPSA) is 62.3 Å². The average molecular weight is 349 g/mol. The molecule has 1 aliphatic rings. The van der Waals surface area contributed by atoms with Crippen LogP contribution in [0.2, 0.25) is 0 Å². The Hall–Kier alpha value is -1.73. The summed E-state index contributed by atoms with van der Waals surface area (Å²) in [6, 6.07) is 3.79. The lowest BCUT2D eigenvalue weighted by atomic mass is 9.98. The van der Waals surface area contributed by atoms with E-state index in [9.17, 15) is 9.59 Å². The minimum Gasteiger partial charge on any atom is -0.351 e. The zero-order chi connectivity index (χ0) is 16.2. The number of amides is 2. The fourth-order valence-corrected chi connectivity index (χ4v) is 4.36. The molecule has 7 heteroatoms. The molecule has 0 unspecified atom stereocenters. The van der Waals surface area contributed by atoms with Gasteiger partial charge in [-0.25, -0.2) is 4.98 Å². The minimum atomic E-state index is -0.0510. The van der Waals surface area contributed by atoms with E-state index in [0.717, 1.165) is 41.5 Å². The average Bonchev–Trinajstić information content (AvgIpc) is 3.24. The summed E-state index contributed by atoms with van der Waals surface area (Å²) in [4.78, 5) is 30.8. The minimum absolute atomic E-state index is 0.0510. The van der Waals surface area contributed by atoms with Gasteiger partial charge >= 0.3 is 0 Å². The second kappa shape index (κ2) is 7.23. The summed E-state index contributed by atoms with van der Waals surface area (Å²) in [5, 5.41) is 7.76. The maximum Gasteiger partial charge on any atom is 0.263 e. The van der Waals surface area contributed by atoms with E-state index in [4.69, 9.17) is 0 Å². The third kappa shape index (κ3) is 3.97. The van der Waals surface area contributed by atoms with Crippen LogP contribution in [-0.2, 0) is 11.3 Å². The van der Waals surface area contributed by atoms with Crippen molar-refractivity contribution in [2.75, 3.05) is 13.1 Å². The van der Waals surface area contributed by atoms with Crippen LogP contribution in [0.15, 0.2) is 22.9 Å². The Morgan fingerprint density at radius 1 is 1.43 bits per heavy atom. The van der Waals surface area contributed by atoms with Gasteiger partial charge in [0.2, 0.25) is 5.91 Å². The molecular formula is C16H19N3O2S2. The first-order valence-electron chi connectivity index (χ1n) is 7.65. The molecule has 1 saturated heterocycles. The molecule has 0 bridgehead atoms. The van der Waals surface area contributed by atoms with Crippen LogP contribution in [0.5, 0.6) is 0 Å². The summed E-state index contributed by atoms with van der Waals surface area (Å²) in [6.07, 6.45) is 2.06. The van der Waals surface area contributed by atoms with Crippen molar-refractivity contribution in [3.63, 3.8) is 0 Å². The normalized spacial score (nSPS) is 18.0. The number of thiophene rings is 1. The fourth-order valence-electron chi connectivity index (χ4n) is 2.73. The van der Waals surface area contributed by atoms with Gasteiger partial charge in [-0.3, -0.25) is 9.59 Å². The summed E-state index contributed by atoms with van der Waals surface area (Å²) in [5.74, 6) is 0.369. The highest BCUT2D eigenvalue weighted by Crippen LogP contribution is 2.30. The van der Waals surface area contributed by atoms with Gasteiger partial charge in [-0.2, -0.15) is 0 Å². The molecule has 122 valence electrons. The third-order valence-corrected chi connectivity index (χ3v) is 5.79. The van der Waals surface area contributed by atoms with Crippen molar-refractivity contribution in [2.45, 2.75) is 32.2 Å². The molecule has 2 aromatic heterocycles. The second-order valence-electron chi connectivity index (χ2n) is 5.65. The van der Waals surface area contributed by atoms with Crippen LogP contribution in [-0.4, -0.2) is 34.8 Å². The van der Waals surface area contributed by atoms with Gasteiger partial charge in [-0.05, 0) is 24.3 Å². The number of carbonyl (C=O) groups is 2. The summed E-state index contributed by atoms with van der Waals surface area (Å²) >= 11 is 3.11. The molecule has 3 heterocycles. The molecule has 5 nitrogen and oxygen atoms in total. The standard InChI is InChI=1S/C16H19N3O2S2/c1-11(20)17-8-13-10-23-15(18-13)12-4-2-6-19(9-12)16(21)14-5-3-7-22-14/h3,5,7,10,12H,2,4,6,8-9H2,1H3,(H,17,20)/t12-/m1/s1. The SMILES string of the molecule is CC(=O)NCc1csc([C@@H]2CCCN(C(=O)c3cccs3)C2)n1. The van der Waals surface area contributed by atoms with Crippen molar-refractivity contribution in [1.29, 1.82) is 0 Å². The van der Waals surface area contributed by atoms with Gasteiger partial charge in [-0.15, -0.1) is 22.7 Å². The van der Waals surface area contributed by atoms with E-state index in [-0.39, 0.29) is 11.8 Å². The Morgan fingerprint density at radius 3 is 3.04 bits per heavy atom. The first-order chi connectivity index (χ1) is 11.1. The molecule has 0 spiro atoms. The van der Waals surface area contributed by atoms with Crippen molar-refractivity contribution in [1.82, 2.24) is 15.2 Å². The van der Waals surface area contributed by atoms with Crippen LogP contribution in [0.3, 0.4) is 0 Å². The molecule has 1 atom stereocenters. The smallest absolute Gasteiger partial charge is 0.263 e. The monoisotopic (exact) mass is 349 g/mol. The number of thiazole rings is 1. The number of likely N-dealkylation sites (tertiary alicyclic amines) is 1. The van der Waals surface area contributed by atoms with Gasteiger partial charge in [0.25, 0.3) is 5.91 Å². The molecule has 1 aliphatic heterocycles. The van der Waals surface area contributed by atoms with Crippen molar-refractivity contribution >= 4 is 34.5 Å². The molecule has 2 amide bonds. The largest absolute Gasteiger partial charge is 0.351 e. The van der Waals surface area contributed by atoms with Crippen molar-refractivity contribution < 1.29 is 9.59 Å². The molecule has 23 heavy (non-hydrogen) atoms. The highest BCUT2D eigenvalue weighted by molar-refractivity contribution is 7.12. The Kier molecular flexibility index (Phi) is 5.07. The van der Waals surface area contributed by atoms with Crippen LogP contribution in [0.25, 0.3) is 0 Å². The summed E-state index contributed by atoms with van der Waals surface area (Å²) in [5.41, 5.74) is 0.891. The number of rotatable bonds is 4. The number of nitrogens with zero attached hydrogens (tertiary/aromatic N) is 2. The van der Waals surface area contributed by atoms with Crippen molar-refractivity contribution in [3.8, 4) is 0 Å². The Bertz CT molecular complexity index is 681. The predicted molar refractivity (Wildman–Crippen MR) is 91.8 cm³/mol. The summed E-state index contributed by atoms with van der Waals surface area (Å²) < 4.78 is 0. The van der Waals surface area contributed by atoms with E-state index >= 15 is 0 Å². The highest BCUT2D eigenvalue weighted by Gasteiger charge is 2.27. The zero-order valence-corrected chi connectivity index (χ0v) is 14.6. The van der Waals surface area contributed by atoms with Gasteiger partial charge < -0.3 is 10.2 Å². The van der Waals surface area contributed by atoms with E-state index in [0.29, 0.717) is 12.5 Å². The molecule has 1 fully saturated rings. The number of piperidine rings is 1. The molecule has 0 saturated carbocycles. The Balaban J connectivity index is 1.64. The maximum absolute atomic E-state index is 12.5. The molecule has 1 N–H and O–H groups in total. The second-order valence-corrected chi connectivity index (χ2v) is 7.49. The van der Waals surface area contributed by atoms with Gasteiger partial charge in [0.15, 0.2) is 0 Å². The zero-order valence-electron chi connectivity index (χ0n) is 12.9. The van der Waals surface area contributed by atoms with Crippen molar-refractivity contribution in [2.24, 2.45) is 0 Å². The molecule has 3 rings (SSSR count). The highest BCUT2D eigenvalue weighted by atomic mass is 32.1. The van der Waals surface area contributed by atoms with Gasteiger partial charge in [0.05, 0.1) is 22.1 Å². The Labute approximate surface area is 143 Å². The van der Waals surface area contributed by atoms with E-state index in [1.165, 1.54) is 18.3 Å². The third-order valence-electron chi connectivity index (χ3n) is 3.88. The van der Waals surface area contributed by atoms with E-state index in [2.05, 4.69) is 10.3 Å². The van der Waals surface area contributed by atoms with Gasteiger partial charge in [0.1, 0.15) is 0 Å². The lowest BCUT2D eigenvalue weighted by molar-refractivity contribution is -0.119. The number of carbonyl (C=O) groups excluding carboxylic acids is 2. The van der Waals surface area contributed by atoms with Crippen LogP contribution < -0.4 is 5.32 Å². The van der Waals surface area contributed by atoms with Crippen LogP contribution in [0, 0.1) is 0 Å². The molecule has 2 aromatic rings. The molecular weight excluding hydrogens is 330 g/mol. The number of hydrogen-bond acceptors (Lipinski definition) is 5. The summed E-state index contributed by atoms with van der Waals surface area (Å²) in [7, 11) is 0. The van der Waals surface area contributed by atoms with Crippen molar-refractivity contribution in [3.05, 3.63) is 38.5 Å². The maximum atomic E-state index is 12.5. The summed E-state index contributed by atoms with van der Waals surface area (Å²) in [6.45, 7) is 3.51.